The normalized spacial score (nSPS) is 11.8. The van der Waals surface area contributed by atoms with Gasteiger partial charge >= 0.3 is 11.9 Å². The van der Waals surface area contributed by atoms with E-state index in [1.165, 1.54) is 5.56 Å². The number of rotatable bonds is 10. The molecule has 1 atom stereocenters. The molecule has 1 aromatic rings. The van der Waals surface area contributed by atoms with E-state index in [0.717, 1.165) is 11.3 Å². The molecule has 2 N–H and O–H groups in total. The van der Waals surface area contributed by atoms with Crippen molar-refractivity contribution in [2.75, 3.05) is 5.75 Å². The van der Waals surface area contributed by atoms with Crippen LogP contribution >= 0.6 is 11.8 Å². The molecular formula is C16H20O4S. The van der Waals surface area contributed by atoms with Crippen molar-refractivity contribution in [3.05, 3.63) is 42.0 Å². The predicted molar refractivity (Wildman–Crippen MR) is 85.3 cm³/mol. The summed E-state index contributed by atoms with van der Waals surface area (Å²) in [4.78, 5) is 21.5. The van der Waals surface area contributed by atoms with E-state index in [1.807, 2.05) is 24.3 Å². The van der Waals surface area contributed by atoms with Crippen LogP contribution in [0.5, 0.6) is 0 Å². The van der Waals surface area contributed by atoms with Crippen LogP contribution in [0.25, 0.3) is 6.08 Å². The van der Waals surface area contributed by atoms with Gasteiger partial charge in [-0.3, -0.25) is 9.59 Å². The second-order valence-corrected chi connectivity index (χ2v) is 5.86. The maximum atomic E-state index is 11.0. The minimum absolute atomic E-state index is 0.0926. The molecule has 0 bridgehead atoms. The molecule has 1 rings (SSSR count). The van der Waals surface area contributed by atoms with Crippen LogP contribution in [0.4, 0.5) is 0 Å². The average Bonchev–Trinajstić information content (AvgIpc) is 2.46. The highest BCUT2D eigenvalue weighted by molar-refractivity contribution is 7.98. The molecule has 0 heterocycles. The van der Waals surface area contributed by atoms with Crippen molar-refractivity contribution in [1.82, 2.24) is 0 Å². The number of carbonyl (C=O) groups is 2. The number of benzene rings is 1. The lowest BCUT2D eigenvalue weighted by Gasteiger charge is -2.10. The Hall–Kier alpha value is -1.75. The fraction of sp³-hybridized carbons (Fsp3) is 0.375. The molecule has 0 aliphatic carbocycles. The summed E-state index contributed by atoms with van der Waals surface area (Å²) in [6.07, 6.45) is 2.39. The van der Waals surface area contributed by atoms with Gasteiger partial charge in [0.2, 0.25) is 0 Å². The van der Waals surface area contributed by atoms with Gasteiger partial charge in [-0.1, -0.05) is 36.9 Å². The van der Waals surface area contributed by atoms with Gasteiger partial charge in [0.25, 0.3) is 0 Å². The Bertz CT molecular complexity index is 482. The van der Waals surface area contributed by atoms with Gasteiger partial charge in [0, 0.05) is 12.2 Å². The van der Waals surface area contributed by atoms with E-state index in [9.17, 15) is 9.59 Å². The van der Waals surface area contributed by atoms with E-state index >= 15 is 0 Å². The summed E-state index contributed by atoms with van der Waals surface area (Å²) in [5.41, 5.74) is 2.26. The van der Waals surface area contributed by atoms with Gasteiger partial charge in [-0.05, 0) is 29.7 Å². The number of carboxylic acid groups (broad SMARTS) is 2. The summed E-state index contributed by atoms with van der Waals surface area (Å²) in [6, 6.07) is 8.05. The van der Waals surface area contributed by atoms with Gasteiger partial charge in [-0.2, -0.15) is 11.8 Å². The van der Waals surface area contributed by atoms with Crippen molar-refractivity contribution in [2.45, 2.75) is 25.0 Å². The molecule has 21 heavy (non-hydrogen) atoms. The molecule has 0 saturated heterocycles. The fourth-order valence-electron chi connectivity index (χ4n) is 1.85. The Morgan fingerprint density at radius 1 is 1.19 bits per heavy atom. The third-order valence-electron chi connectivity index (χ3n) is 3.15. The van der Waals surface area contributed by atoms with Crippen LogP contribution in [-0.4, -0.2) is 27.9 Å². The van der Waals surface area contributed by atoms with Crippen LogP contribution in [0.15, 0.2) is 30.8 Å². The molecule has 0 radical (unpaired) electrons. The van der Waals surface area contributed by atoms with E-state index in [2.05, 4.69) is 6.58 Å². The van der Waals surface area contributed by atoms with Crippen molar-refractivity contribution in [1.29, 1.82) is 0 Å². The zero-order valence-electron chi connectivity index (χ0n) is 11.8. The van der Waals surface area contributed by atoms with Crippen molar-refractivity contribution >= 4 is 29.8 Å². The van der Waals surface area contributed by atoms with E-state index < -0.39 is 17.9 Å². The summed E-state index contributed by atoms with van der Waals surface area (Å²) >= 11 is 1.66. The van der Waals surface area contributed by atoms with Crippen LogP contribution in [0.1, 0.15) is 30.4 Å². The maximum absolute atomic E-state index is 11.0. The third-order valence-corrected chi connectivity index (χ3v) is 4.21. The van der Waals surface area contributed by atoms with Gasteiger partial charge < -0.3 is 10.2 Å². The Morgan fingerprint density at radius 2 is 1.86 bits per heavy atom. The molecule has 5 heteroatoms. The number of aliphatic carboxylic acids is 2. The maximum Gasteiger partial charge on any atom is 0.306 e. The second kappa shape index (κ2) is 9.23. The van der Waals surface area contributed by atoms with Crippen LogP contribution in [0, 0.1) is 5.92 Å². The highest BCUT2D eigenvalue weighted by Crippen LogP contribution is 2.19. The van der Waals surface area contributed by atoms with E-state index in [0.29, 0.717) is 12.2 Å². The van der Waals surface area contributed by atoms with Gasteiger partial charge in [0.05, 0.1) is 5.92 Å². The lowest BCUT2D eigenvalue weighted by Crippen LogP contribution is -2.16. The first-order valence-corrected chi connectivity index (χ1v) is 7.92. The lowest BCUT2D eigenvalue weighted by molar-refractivity contribution is -0.143. The summed E-state index contributed by atoms with van der Waals surface area (Å²) in [5, 5.41) is 17.7. The van der Waals surface area contributed by atoms with Crippen LogP contribution < -0.4 is 0 Å². The van der Waals surface area contributed by atoms with E-state index in [4.69, 9.17) is 10.2 Å². The zero-order chi connectivity index (χ0) is 15.7. The van der Waals surface area contributed by atoms with Crippen molar-refractivity contribution in [2.24, 2.45) is 5.92 Å². The highest BCUT2D eigenvalue weighted by atomic mass is 32.2. The Morgan fingerprint density at radius 3 is 2.38 bits per heavy atom. The van der Waals surface area contributed by atoms with Crippen molar-refractivity contribution in [3.63, 3.8) is 0 Å². The largest absolute Gasteiger partial charge is 0.481 e. The molecular weight excluding hydrogens is 288 g/mol. The molecule has 1 aromatic carbocycles. The minimum Gasteiger partial charge on any atom is -0.481 e. The first-order chi connectivity index (χ1) is 10.0. The minimum atomic E-state index is -0.948. The summed E-state index contributed by atoms with van der Waals surface area (Å²) in [5.74, 6) is -0.900. The third kappa shape index (κ3) is 6.99. The molecule has 4 nitrogen and oxygen atoms in total. The Kier molecular flexibility index (Phi) is 7.61. The standard InChI is InChI=1S/C16H20O4S/c1-2-12-3-5-13(6-4-12)11-21-10-9-14(16(19)20)7-8-15(17)18/h2-6,14H,1,7-11H2,(H,17,18)(H,19,20). The van der Waals surface area contributed by atoms with Gasteiger partial charge in [-0.25, -0.2) is 0 Å². The van der Waals surface area contributed by atoms with Crippen molar-refractivity contribution < 1.29 is 19.8 Å². The van der Waals surface area contributed by atoms with Gasteiger partial charge in [-0.15, -0.1) is 0 Å². The Labute approximate surface area is 128 Å². The summed E-state index contributed by atoms with van der Waals surface area (Å²) in [7, 11) is 0. The SMILES string of the molecule is C=Cc1ccc(CSCCC(CCC(=O)O)C(=O)O)cc1. The Balaban J connectivity index is 2.31. The van der Waals surface area contributed by atoms with Crippen molar-refractivity contribution in [3.8, 4) is 0 Å². The molecule has 0 spiro atoms. The highest BCUT2D eigenvalue weighted by Gasteiger charge is 2.18. The number of hydrogen-bond acceptors (Lipinski definition) is 3. The van der Waals surface area contributed by atoms with Gasteiger partial charge in [0.15, 0.2) is 0 Å². The monoisotopic (exact) mass is 308 g/mol. The lowest BCUT2D eigenvalue weighted by atomic mass is 10.0. The molecule has 0 aliphatic heterocycles. The molecule has 0 aromatic heterocycles. The molecule has 0 aliphatic rings. The summed E-state index contributed by atoms with van der Waals surface area (Å²) in [6.45, 7) is 3.70. The topological polar surface area (TPSA) is 74.6 Å². The number of hydrogen-bond donors (Lipinski definition) is 2. The first kappa shape index (κ1) is 17.3. The number of thioether (sulfide) groups is 1. The van der Waals surface area contributed by atoms with Crippen LogP contribution in [-0.2, 0) is 15.3 Å². The zero-order valence-corrected chi connectivity index (χ0v) is 12.6. The summed E-state index contributed by atoms with van der Waals surface area (Å²) < 4.78 is 0. The van der Waals surface area contributed by atoms with E-state index in [-0.39, 0.29) is 12.8 Å². The molecule has 0 amide bonds. The molecule has 0 fully saturated rings. The quantitative estimate of drug-likeness (QED) is 0.647. The fourth-order valence-corrected chi connectivity index (χ4v) is 2.88. The predicted octanol–water partition coefficient (Wildman–Crippen LogP) is 3.52. The van der Waals surface area contributed by atoms with Crippen LogP contribution in [0.3, 0.4) is 0 Å². The molecule has 1 unspecified atom stereocenters. The average molecular weight is 308 g/mol. The number of carboxylic acids is 2. The van der Waals surface area contributed by atoms with Gasteiger partial charge in [0.1, 0.15) is 0 Å². The van der Waals surface area contributed by atoms with E-state index in [1.54, 1.807) is 17.8 Å². The molecule has 114 valence electrons. The molecule has 0 saturated carbocycles. The first-order valence-electron chi connectivity index (χ1n) is 6.76. The smallest absolute Gasteiger partial charge is 0.306 e. The second-order valence-electron chi connectivity index (χ2n) is 4.75. The van der Waals surface area contributed by atoms with Crippen LogP contribution in [0.2, 0.25) is 0 Å².